The van der Waals surface area contributed by atoms with Crippen molar-refractivity contribution in [1.29, 1.82) is 0 Å². The van der Waals surface area contributed by atoms with Crippen molar-refractivity contribution in [3.8, 4) is 17.0 Å². The summed E-state index contributed by atoms with van der Waals surface area (Å²) in [6.45, 7) is 0. The van der Waals surface area contributed by atoms with E-state index in [0.29, 0.717) is 22.3 Å². The summed E-state index contributed by atoms with van der Waals surface area (Å²) >= 11 is 0. The summed E-state index contributed by atoms with van der Waals surface area (Å²) in [7, 11) is 2.72. The average molecular weight is 311 g/mol. The summed E-state index contributed by atoms with van der Waals surface area (Å²) in [5, 5.41) is 0.498. The lowest BCUT2D eigenvalue weighted by molar-refractivity contribution is 0.0595. The molecule has 0 unspecified atom stereocenters. The molecule has 0 amide bonds. The zero-order chi connectivity index (χ0) is 16.4. The molecule has 0 saturated carbocycles. The lowest BCUT2D eigenvalue weighted by Crippen LogP contribution is -2.05. The number of hydrogen-bond donors (Lipinski definition) is 0. The van der Waals surface area contributed by atoms with E-state index in [1.165, 1.54) is 26.4 Å². The molecular formula is C18H14FNO3. The molecule has 0 aliphatic carbocycles. The van der Waals surface area contributed by atoms with E-state index in [0.717, 1.165) is 5.56 Å². The van der Waals surface area contributed by atoms with Crippen LogP contribution in [-0.2, 0) is 4.74 Å². The van der Waals surface area contributed by atoms with Crippen LogP contribution in [-0.4, -0.2) is 25.2 Å². The maximum Gasteiger partial charge on any atom is 0.340 e. The smallest absolute Gasteiger partial charge is 0.340 e. The van der Waals surface area contributed by atoms with Crippen LogP contribution in [0.5, 0.6) is 5.75 Å². The molecule has 4 nitrogen and oxygen atoms in total. The van der Waals surface area contributed by atoms with Gasteiger partial charge in [-0.1, -0.05) is 30.3 Å². The molecule has 116 valence electrons. The maximum atomic E-state index is 14.1. The Hall–Kier alpha value is -2.95. The summed E-state index contributed by atoms with van der Waals surface area (Å²) in [6, 6.07) is 13.9. The number of carbonyl (C=O) groups is 1. The summed E-state index contributed by atoms with van der Waals surface area (Å²) in [4.78, 5) is 16.2. The molecule has 0 radical (unpaired) electrons. The van der Waals surface area contributed by atoms with Gasteiger partial charge in [-0.15, -0.1) is 0 Å². The number of ether oxygens (including phenoxy) is 2. The van der Waals surface area contributed by atoms with Gasteiger partial charge in [0.2, 0.25) is 0 Å². The van der Waals surface area contributed by atoms with E-state index in [2.05, 4.69) is 9.72 Å². The van der Waals surface area contributed by atoms with Crippen molar-refractivity contribution < 1.29 is 18.7 Å². The first kappa shape index (κ1) is 15.0. The highest BCUT2D eigenvalue weighted by atomic mass is 19.1. The molecule has 1 aromatic heterocycles. The lowest BCUT2D eigenvalue weighted by atomic mass is 10.1. The number of esters is 1. The number of benzene rings is 2. The molecule has 0 saturated heterocycles. The standard InChI is InChI=1S/C18H14FNO3/c1-22-17-10-15(11-6-4-3-5-7-11)20-16-9-12(18(21)23-2)14(19)8-13(16)17/h3-10H,1-2H3. The number of aromatic nitrogens is 1. The van der Waals surface area contributed by atoms with E-state index < -0.39 is 11.8 Å². The molecule has 23 heavy (non-hydrogen) atoms. The third-order valence-electron chi connectivity index (χ3n) is 3.55. The molecule has 2 aromatic carbocycles. The quantitative estimate of drug-likeness (QED) is 0.690. The molecule has 0 aliphatic heterocycles. The first-order valence-corrected chi connectivity index (χ1v) is 6.96. The van der Waals surface area contributed by atoms with Gasteiger partial charge in [0.15, 0.2) is 0 Å². The molecular weight excluding hydrogens is 297 g/mol. The Labute approximate surface area is 132 Å². The van der Waals surface area contributed by atoms with Crippen molar-refractivity contribution in [2.24, 2.45) is 0 Å². The number of halogens is 1. The molecule has 3 rings (SSSR count). The summed E-state index contributed by atoms with van der Waals surface area (Å²) in [6.07, 6.45) is 0. The van der Waals surface area contributed by atoms with Gasteiger partial charge in [-0.2, -0.15) is 0 Å². The molecule has 1 heterocycles. The number of hydrogen-bond acceptors (Lipinski definition) is 4. The van der Waals surface area contributed by atoms with Gasteiger partial charge in [0.25, 0.3) is 0 Å². The van der Waals surface area contributed by atoms with Crippen LogP contribution >= 0.6 is 0 Å². The van der Waals surface area contributed by atoms with Gasteiger partial charge in [0, 0.05) is 17.0 Å². The normalized spacial score (nSPS) is 10.6. The van der Waals surface area contributed by atoms with Crippen molar-refractivity contribution in [1.82, 2.24) is 4.98 Å². The van der Waals surface area contributed by atoms with Crippen LogP contribution in [0.4, 0.5) is 4.39 Å². The molecule has 0 N–H and O–H groups in total. The Kier molecular flexibility index (Phi) is 3.93. The second-order valence-electron chi connectivity index (χ2n) is 4.92. The predicted molar refractivity (Wildman–Crippen MR) is 85.0 cm³/mol. The van der Waals surface area contributed by atoms with Crippen LogP contribution in [0.3, 0.4) is 0 Å². The number of pyridine rings is 1. The second-order valence-corrected chi connectivity index (χ2v) is 4.92. The SMILES string of the molecule is COC(=O)c1cc2nc(-c3ccccc3)cc(OC)c2cc1F. The van der Waals surface area contributed by atoms with Gasteiger partial charge in [0.1, 0.15) is 11.6 Å². The van der Waals surface area contributed by atoms with Crippen molar-refractivity contribution in [2.75, 3.05) is 14.2 Å². The fourth-order valence-electron chi connectivity index (χ4n) is 2.41. The summed E-state index contributed by atoms with van der Waals surface area (Å²) < 4.78 is 24.1. The van der Waals surface area contributed by atoms with Gasteiger partial charge in [0.05, 0.1) is 31.0 Å². The lowest BCUT2D eigenvalue weighted by Gasteiger charge is -2.10. The van der Waals surface area contributed by atoms with Crippen LogP contribution in [0.15, 0.2) is 48.5 Å². The van der Waals surface area contributed by atoms with E-state index in [4.69, 9.17) is 4.74 Å². The Bertz CT molecular complexity index is 878. The predicted octanol–water partition coefficient (Wildman–Crippen LogP) is 3.84. The number of methoxy groups -OCH3 is 2. The van der Waals surface area contributed by atoms with Crippen LogP contribution in [0, 0.1) is 5.82 Å². The number of carbonyl (C=O) groups excluding carboxylic acids is 1. The third kappa shape index (κ3) is 2.73. The molecule has 0 fully saturated rings. The van der Waals surface area contributed by atoms with E-state index >= 15 is 0 Å². The molecule has 0 bridgehead atoms. The fourth-order valence-corrected chi connectivity index (χ4v) is 2.41. The van der Waals surface area contributed by atoms with Crippen LogP contribution < -0.4 is 4.74 Å². The first-order valence-electron chi connectivity index (χ1n) is 6.96. The molecule has 3 aromatic rings. The highest BCUT2D eigenvalue weighted by Crippen LogP contribution is 2.31. The van der Waals surface area contributed by atoms with E-state index in [1.54, 1.807) is 6.07 Å². The highest BCUT2D eigenvalue weighted by molar-refractivity contribution is 5.97. The topological polar surface area (TPSA) is 48.4 Å². The fraction of sp³-hybridized carbons (Fsp3) is 0.111. The molecule has 0 atom stereocenters. The minimum atomic E-state index is -0.740. The summed E-state index contributed by atoms with van der Waals surface area (Å²) in [5.74, 6) is -0.920. The third-order valence-corrected chi connectivity index (χ3v) is 3.55. The van der Waals surface area contributed by atoms with Crippen molar-refractivity contribution in [3.05, 3.63) is 59.9 Å². The average Bonchev–Trinajstić information content (AvgIpc) is 2.60. The summed E-state index contributed by atoms with van der Waals surface area (Å²) in [5.41, 5.74) is 1.89. The molecule has 5 heteroatoms. The van der Waals surface area contributed by atoms with E-state index in [-0.39, 0.29) is 5.56 Å². The molecule has 0 spiro atoms. The van der Waals surface area contributed by atoms with E-state index in [9.17, 15) is 9.18 Å². The molecule has 0 aliphatic rings. The van der Waals surface area contributed by atoms with Gasteiger partial charge in [-0.05, 0) is 12.1 Å². The monoisotopic (exact) mass is 311 g/mol. The Morgan fingerprint density at radius 2 is 1.83 bits per heavy atom. The minimum absolute atomic E-state index is 0.153. The zero-order valence-corrected chi connectivity index (χ0v) is 12.7. The van der Waals surface area contributed by atoms with Gasteiger partial charge in [-0.25, -0.2) is 14.2 Å². The number of fused-ring (bicyclic) bond motifs is 1. The Morgan fingerprint density at radius 3 is 2.48 bits per heavy atom. The van der Waals surface area contributed by atoms with Gasteiger partial charge < -0.3 is 9.47 Å². The van der Waals surface area contributed by atoms with Gasteiger partial charge in [-0.3, -0.25) is 0 Å². The van der Waals surface area contributed by atoms with Crippen LogP contribution in [0.25, 0.3) is 22.2 Å². The van der Waals surface area contributed by atoms with Crippen LogP contribution in [0.2, 0.25) is 0 Å². The van der Waals surface area contributed by atoms with Crippen molar-refractivity contribution in [3.63, 3.8) is 0 Å². The largest absolute Gasteiger partial charge is 0.496 e. The first-order chi connectivity index (χ1) is 11.1. The highest BCUT2D eigenvalue weighted by Gasteiger charge is 2.17. The minimum Gasteiger partial charge on any atom is -0.496 e. The second kappa shape index (κ2) is 6.04. The zero-order valence-electron chi connectivity index (χ0n) is 12.7. The van der Waals surface area contributed by atoms with Gasteiger partial charge >= 0.3 is 5.97 Å². The number of rotatable bonds is 3. The van der Waals surface area contributed by atoms with Crippen LogP contribution in [0.1, 0.15) is 10.4 Å². The maximum absolute atomic E-state index is 14.1. The van der Waals surface area contributed by atoms with E-state index in [1.807, 2.05) is 30.3 Å². The van der Waals surface area contributed by atoms with Crippen molar-refractivity contribution in [2.45, 2.75) is 0 Å². The number of nitrogens with zero attached hydrogens (tertiary/aromatic N) is 1. The Balaban J connectivity index is 2.27. The van der Waals surface area contributed by atoms with Crippen molar-refractivity contribution >= 4 is 16.9 Å². The Morgan fingerprint density at radius 1 is 1.09 bits per heavy atom.